The fourth-order valence-corrected chi connectivity index (χ4v) is 6.87. The SMILES string of the molecule is C=C(O)C1CCc2ccc(S(=O)(=O)N3CCN(c4ccc(C(F)(F)F)c(Cl)c4)CC3CC)cc21. The van der Waals surface area contributed by atoms with Crippen LogP contribution in [0.5, 0.6) is 0 Å². The molecule has 34 heavy (non-hydrogen) atoms. The van der Waals surface area contributed by atoms with E-state index in [-0.39, 0.29) is 34.2 Å². The van der Waals surface area contributed by atoms with Gasteiger partial charge in [0.25, 0.3) is 0 Å². The first-order valence-electron chi connectivity index (χ1n) is 11.1. The van der Waals surface area contributed by atoms with E-state index in [0.29, 0.717) is 31.6 Å². The summed E-state index contributed by atoms with van der Waals surface area (Å²) >= 11 is 5.89. The van der Waals surface area contributed by atoms with Gasteiger partial charge in [0.2, 0.25) is 10.0 Å². The van der Waals surface area contributed by atoms with Gasteiger partial charge >= 0.3 is 6.18 Å². The molecule has 1 heterocycles. The lowest BCUT2D eigenvalue weighted by molar-refractivity contribution is -0.137. The molecule has 0 aromatic heterocycles. The number of fused-ring (bicyclic) bond motifs is 1. The third-order valence-corrected chi connectivity index (χ3v) is 8.99. The smallest absolute Gasteiger partial charge is 0.417 e. The minimum atomic E-state index is -4.54. The molecule has 1 N–H and O–H groups in total. The van der Waals surface area contributed by atoms with E-state index < -0.39 is 21.8 Å². The average molecular weight is 515 g/mol. The number of piperazine rings is 1. The Morgan fingerprint density at radius 2 is 1.94 bits per heavy atom. The molecule has 4 rings (SSSR count). The van der Waals surface area contributed by atoms with E-state index in [1.54, 1.807) is 18.2 Å². The van der Waals surface area contributed by atoms with Crippen LogP contribution in [0.4, 0.5) is 18.9 Å². The molecular weight excluding hydrogens is 489 g/mol. The number of aliphatic hydroxyl groups excluding tert-OH is 1. The maximum Gasteiger partial charge on any atom is 0.417 e. The fourth-order valence-electron chi connectivity index (χ4n) is 4.88. The van der Waals surface area contributed by atoms with Crippen molar-refractivity contribution < 1.29 is 26.7 Å². The summed E-state index contributed by atoms with van der Waals surface area (Å²) in [6.45, 7) is 6.34. The van der Waals surface area contributed by atoms with Crippen molar-refractivity contribution in [2.75, 3.05) is 24.5 Å². The molecule has 1 fully saturated rings. The number of rotatable bonds is 5. The van der Waals surface area contributed by atoms with Crippen LogP contribution < -0.4 is 4.90 Å². The molecule has 2 atom stereocenters. The molecule has 0 spiro atoms. The number of halogens is 4. The van der Waals surface area contributed by atoms with Gasteiger partial charge in [-0.15, -0.1) is 0 Å². The normalized spacial score (nSPS) is 21.5. The van der Waals surface area contributed by atoms with Gasteiger partial charge in [-0.3, -0.25) is 0 Å². The minimum Gasteiger partial charge on any atom is -0.512 e. The fraction of sp³-hybridized carbons (Fsp3) is 0.417. The molecule has 5 nitrogen and oxygen atoms in total. The van der Waals surface area contributed by atoms with Crippen molar-refractivity contribution >= 4 is 27.3 Å². The van der Waals surface area contributed by atoms with E-state index in [0.717, 1.165) is 23.6 Å². The Balaban J connectivity index is 1.58. The lowest BCUT2D eigenvalue weighted by atomic mass is 10.0. The summed E-state index contributed by atoms with van der Waals surface area (Å²) < 4.78 is 67.7. The van der Waals surface area contributed by atoms with Gasteiger partial charge in [-0.1, -0.05) is 31.2 Å². The van der Waals surface area contributed by atoms with E-state index in [9.17, 15) is 26.7 Å². The van der Waals surface area contributed by atoms with Crippen molar-refractivity contribution in [2.24, 2.45) is 0 Å². The molecule has 184 valence electrons. The van der Waals surface area contributed by atoms with Gasteiger partial charge in [-0.05, 0) is 60.7 Å². The molecule has 10 heteroatoms. The highest BCUT2D eigenvalue weighted by Crippen LogP contribution is 2.39. The zero-order valence-corrected chi connectivity index (χ0v) is 20.2. The molecule has 1 aliphatic heterocycles. The standard InChI is InChI=1S/C24H26ClF3N2O3S/c1-3-17-14-29(18-6-9-22(23(25)12-18)24(26,27)28)10-11-30(17)34(32,33)19-7-4-16-5-8-20(15(2)31)21(16)13-19/h4,6-7,9,12-13,17,20,31H,2-3,5,8,10-11,14H2,1H3. The number of alkyl halides is 3. The molecule has 0 saturated carbocycles. The van der Waals surface area contributed by atoms with Crippen LogP contribution in [0.25, 0.3) is 0 Å². The van der Waals surface area contributed by atoms with Crippen LogP contribution >= 0.6 is 11.6 Å². The van der Waals surface area contributed by atoms with Gasteiger partial charge in [-0.2, -0.15) is 17.5 Å². The lowest BCUT2D eigenvalue weighted by Gasteiger charge is -2.41. The van der Waals surface area contributed by atoms with Gasteiger partial charge in [0, 0.05) is 37.3 Å². The summed E-state index contributed by atoms with van der Waals surface area (Å²) in [6, 6.07) is 8.28. The van der Waals surface area contributed by atoms with Crippen molar-refractivity contribution in [1.29, 1.82) is 0 Å². The summed E-state index contributed by atoms with van der Waals surface area (Å²) in [5, 5.41) is 9.53. The van der Waals surface area contributed by atoms with E-state index >= 15 is 0 Å². The third-order valence-electron chi connectivity index (χ3n) is 6.73. The second-order valence-corrected chi connectivity index (χ2v) is 11.0. The number of anilines is 1. The number of benzene rings is 2. The number of allylic oxidation sites excluding steroid dienone is 1. The molecule has 2 unspecified atom stereocenters. The maximum absolute atomic E-state index is 13.6. The number of aliphatic hydroxyl groups is 1. The minimum absolute atomic E-state index is 0.0311. The van der Waals surface area contributed by atoms with Crippen molar-refractivity contribution in [2.45, 2.75) is 49.2 Å². The maximum atomic E-state index is 13.6. The Morgan fingerprint density at radius 3 is 2.56 bits per heavy atom. The highest BCUT2D eigenvalue weighted by Gasteiger charge is 2.37. The number of nitrogens with zero attached hydrogens (tertiary/aromatic N) is 2. The van der Waals surface area contributed by atoms with Crippen LogP contribution in [0, 0.1) is 0 Å². The second kappa shape index (κ2) is 9.09. The molecule has 0 amide bonds. The number of aryl methyl sites for hydroxylation is 1. The van der Waals surface area contributed by atoms with Gasteiger partial charge in [0.15, 0.2) is 0 Å². The van der Waals surface area contributed by atoms with Crippen molar-refractivity contribution in [3.8, 4) is 0 Å². The molecule has 0 radical (unpaired) electrons. The Hall–Kier alpha value is -2.23. The van der Waals surface area contributed by atoms with E-state index in [1.165, 1.54) is 16.4 Å². The topological polar surface area (TPSA) is 60.9 Å². The quantitative estimate of drug-likeness (QED) is 0.516. The van der Waals surface area contributed by atoms with Gasteiger partial charge < -0.3 is 10.0 Å². The van der Waals surface area contributed by atoms with E-state index in [1.807, 2.05) is 11.8 Å². The molecule has 1 saturated heterocycles. The zero-order valence-electron chi connectivity index (χ0n) is 18.6. The summed E-state index contributed by atoms with van der Waals surface area (Å²) in [4.78, 5) is 2.03. The molecule has 0 bridgehead atoms. The molecule has 2 aromatic rings. The number of hydrogen-bond donors (Lipinski definition) is 1. The predicted molar refractivity (Wildman–Crippen MR) is 126 cm³/mol. The van der Waals surface area contributed by atoms with Gasteiger partial charge in [0.05, 0.1) is 21.2 Å². The Morgan fingerprint density at radius 1 is 1.21 bits per heavy atom. The number of hydrogen-bond acceptors (Lipinski definition) is 4. The predicted octanol–water partition coefficient (Wildman–Crippen LogP) is 5.75. The molecule has 1 aliphatic carbocycles. The lowest BCUT2D eigenvalue weighted by Crippen LogP contribution is -2.55. The largest absolute Gasteiger partial charge is 0.512 e. The zero-order chi connectivity index (χ0) is 24.8. The van der Waals surface area contributed by atoms with Crippen LogP contribution in [0.3, 0.4) is 0 Å². The van der Waals surface area contributed by atoms with Crippen LogP contribution in [0.15, 0.2) is 53.6 Å². The van der Waals surface area contributed by atoms with E-state index in [4.69, 9.17) is 11.6 Å². The Bertz CT molecular complexity index is 1220. The van der Waals surface area contributed by atoms with Crippen LogP contribution in [0.2, 0.25) is 5.02 Å². The van der Waals surface area contributed by atoms with Gasteiger partial charge in [-0.25, -0.2) is 8.42 Å². The summed E-state index contributed by atoms with van der Waals surface area (Å²) in [5.41, 5.74) is 1.43. The first-order chi connectivity index (χ1) is 15.9. The summed E-state index contributed by atoms with van der Waals surface area (Å²) in [5.74, 6) is -0.239. The van der Waals surface area contributed by atoms with Crippen LogP contribution in [-0.4, -0.2) is 43.5 Å². The monoisotopic (exact) mass is 514 g/mol. The molecule has 2 aromatic carbocycles. The number of sulfonamides is 1. The second-order valence-electron chi connectivity index (χ2n) is 8.73. The van der Waals surface area contributed by atoms with Crippen molar-refractivity contribution in [1.82, 2.24) is 4.31 Å². The molecule has 2 aliphatic rings. The van der Waals surface area contributed by atoms with E-state index in [2.05, 4.69) is 6.58 Å². The van der Waals surface area contributed by atoms with Crippen molar-refractivity contribution in [3.63, 3.8) is 0 Å². The Labute approximate surface area is 202 Å². The van der Waals surface area contributed by atoms with Crippen LogP contribution in [-0.2, 0) is 22.6 Å². The van der Waals surface area contributed by atoms with Crippen molar-refractivity contribution in [3.05, 3.63) is 70.4 Å². The molecular formula is C24H26ClF3N2O3S. The average Bonchev–Trinajstić information content (AvgIpc) is 3.21. The highest BCUT2D eigenvalue weighted by atomic mass is 35.5. The Kier molecular flexibility index (Phi) is 6.65. The third kappa shape index (κ3) is 4.53. The first-order valence-corrected chi connectivity index (χ1v) is 12.9. The first kappa shape index (κ1) is 24.9. The summed E-state index contributed by atoms with van der Waals surface area (Å²) in [7, 11) is -3.81. The highest BCUT2D eigenvalue weighted by molar-refractivity contribution is 7.89. The van der Waals surface area contributed by atoms with Crippen LogP contribution in [0.1, 0.15) is 42.4 Å². The van der Waals surface area contributed by atoms with Gasteiger partial charge in [0.1, 0.15) is 0 Å². The summed E-state index contributed by atoms with van der Waals surface area (Å²) in [6.07, 6.45) is -2.55.